The highest BCUT2D eigenvalue weighted by atomic mass is 28.4. The summed E-state index contributed by atoms with van der Waals surface area (Å²) in [7, 11) is -3.10. The summed E-state index contributed by atoms with van der Waals surface area (Å²) < 4.78 is 13.0. The van der Waals surface area contributed by atoms with Crippen LogP contribution in [0.2, 0.25) is 39.3 Å². The highest BCUT2D eigenvalue weighted by molar-refractivity contribution is 6.70. The first-order chi connectivity index (χ1) is 15.3. The lowest BCUT2D eigenvalue weighted by atomic mass is 9.61. The molecule has 0 aromatic heterocycles. The number of fused-ring (bicyclic) bond motifs is 1. The molecule has 0 aromatic carbocycles. The minimum Gasteiger partial charge on any atom is -0.413 e. The van der Waals surface area contributed by atoms with Gasteiger partial charge in [-0.1, -0.05) is 32.6 Å². The van der Waals surface area contributed by atoms with E-state index in [4.69, 9.17) is 8.85 Å². The Labute approximate surface area is 214 Å². The van der Waals surface area contributed by atoms with E-state index < -0.39 is 16.6 Å². The third-order valence-corrected chi connectivity index (χ3v) is 10.7. The normalized spacial score (nSPS) is 26.9. The Morgan fingerprint density at radius 2 is 1.35 bits per heavy atom. The van der Waals surface area contributed by atoms with Crippen LogP contribution in [-0.4, -0.2) is 33.6 Å². The van der Waals surface area contributed by atoms with Gasteiger partial charge in [0.2, 0.25) is 0 Å². The molecule has 0 amide bonds. The maximum atomic E-state index is 12.8. The third kappa shape index (κ3) is 9.15. The van der Waals surface area contributed by atoms with Crippen molar-refractivity contribution in [3.63, 3.8) is 0 Å². The fourth-order valence-corrected chi connectivity index (χ4v) is 11.2. The summed E-state index contributed by atoms with van der Waals surface area (Å²) in [5.41, 5.74) is 0.158. The second-order valence-electron chi connectivity index (χ2n) is 15.1. The fourth-order valence-electron chi connectivity index (χ4n) is 7.63. The van der Waals surface area contributed by atoms with Gasteiger partial charge in [-0.25, -0.2) is 0 Å². The molecule has 0 aromatic rings. The standard InChI is InChI=1S/C29H58O3Si2/c1-27(2,31-33(6,7)8)20-12-15-23(16-13-21-28(3,4)32-34(9,10)11)24-18-19-25-26(30)17-14-22-29(24,25)5/h23-25H,12-22H2,1-11H3/t24-,25+,29-/m1/s1. The number of rotatable bonds is 13. The van der Waals surface area contributed by atoms with Crippen molar-refractivity contribution in [1.82, 2.24) is 0 Å². The zero-order chi connectivity index (χ0) is 26.0. The van der Waals surface area contributed by atoms with Crippen molar-refractivity contribution in [3.05, 3.63) is 0 Å². The number of carbonyl (C=O) groups excluding carboxylic acids is 1. The van der Waals surface area contributed by atoms with Crippen molar-refractivity contribution in [3.8, 4) is 0 Å². The summed E-state index contributed by atoms with van der Waals surface area (Å²) in [4.78, 5) is 12.8. The van der Waals surface area contributed by atoms with E-state index in [9.17, 15) is 4.79 Å². The van der Waals surface area contributed by atoms with Gasteiger partial charge < -0.3 is 8.85 Å². The van der Waals surface area contributed by atoms with Crippen molar-refractivity contribution in [2.75, 3.05) is 0 Å². The molecule has 0 radical (unpaired) electrons. The Hall–Kier alpha value is 0.0238. The first-order valence-corrected chi connectivity index (χ1v) is 21.1. The van der Waals surface area contributed by atoms with Crippen molar-refractivity contribution in [1.29, 1.82) is 0 Å². The third-order valence-electron chi connectivity index (χ3n) is 8.38. The molecule has 0 spiro atoms. The monoisotopic (exact) mass is 510 g/mol. The highest BCUT2D eigenvalue weighted by Gasteiger charge is 2.52. The highest BCUT2D eigenvalue weighted by Crippen LogP contribution is 2.58. The van der Waals surface area contributed by atoms with E-state index in [0.29, 0.717) is 23.5 Å². The van der Waals surface area contributed by atoms with Crippen LogP contribution in [0, 0.1) is 23.2 Å². The summed E-state index contributed by atoms with van der Waals surface area (Å²) >= 11 is 0. The molecule has 0 aliphatic heterocycles. The van der Waals surface area contributed by atoms with E-state index in [-0.39, 0.29) is 16.6 Å². The van der Waals surface area contributed by atoms with Crippen LogP contribution in [-0.2, 0) is 13.6 Å². The van der Waals surface area contributed by atoms with E-state index in [2.05, 4.69) is 73.9 Å². The molecule has 0 unspecified atom stereocenters. The van der Waals surface area contributed by atoms with Crippen LogP contribution in [0.4, 0.5) is 0 Å². The summed E-state index contributed by atoms with van der Waals surface area (Å²) in [6, 6.07) is 0. The van der Waals surface area contributed by atoms with Crippen LogP contribution in [0.3, 0.4) is 0 Å². The van der Waals surface area contributed by atoms with Gasteiger partial charge in [-0.2, -0.15) is 0 Å². The number of carbonyl (C=O) groups is 1. The van der Waals surface area contributed by atoms with Crippen LogP contribution in [0.1, 0.15) is 105 Å². The number of hydrogen-bond donors (Lipinski definition) is 0. The molecule has 2 rings (SSSR count). The van der Waals surface area contributed by atoms with E-state index in [1.807, 2.05) is 0 Å². The van der Waals surface area contributed by atoms with E-state index in [1.165, 1.54) is 38.5 Å². The average Bonchev–Trinajstić information content (AvgIpc) is 2.94. The summed E-state index contributed by atoms with van der Waals surface area (Å²) in [5, 5.41) is 0. The summed E-state index contributed by atoms with van der Waals surface area (Å²) in [5.74, 6) is 2.30. The zero-order valence-corrected chi connectivity index (χ0v) is 26.7. The minimum atomic E-state index is -1.55. The molecule has 0 bridgehead atoms. The first kappa shape index (κ1) is 30.2. The lowest BCUT2D eigenvalue weighted by molar-refractivity contribution is -0.130. The van der Waals surface area contributed by atoms with Gasteiger partial charge in [0.05, 0.1) is 11.2 Å². The van der Waals surface area contributed by atoms with E-state index >= 15 is 0 Å². The molecule has 2 fully saturated rings. The summed E-state index contributed by atoms with van der Waals surface area (Å²) in [6.45, 7) is 25.4. The predicted molar refractivity (Wildman–Crippen MR) is 151 cm³/mol. The zero-order valence-electron chi connectivity index (χ0n) is 24.7. The Kier molecular flexibility index (Phi) is 9.95. The van der Waals surface area contributed by atoms with Gasteiger partial charge in [0, 0.05) is 12.3 Å². The Morgan fingerprint density at radius 1 is 0.882 bits per heavy atom. The number of Topliss-reactive ketones (excluding diaryl/α,β-unsaturated/α-hetero) is 1. The predicted octanol–water partition coefficient (Wildman–Crippen LogP) is 8.99. The van der Waals surface area contributed by atoms with Gasteiger partial charge in [-0.15, -0.1) is 0 Å². The SMILES string of the molecule is CC(C)(CCCC(CCCC(C)(C)O[Si](C)(C)C)[C@H]1CC[C@H]2C(=O)CCC[C@]12C)O[Si](C)(C)C. The Morgan fingerprint density at radius 3 is 1.79 bits per heavy atom. The molecule has 3 nitrogen and oxygen atoms in total. The molecule has 5 heteroatoms. The average molecular weight is 511 g/mol. The minimum absolute atomic E-state index is 0.0366. The van der Waals surface area contributed by atoms with Crippen molar-refractivity contribution < 1.29 is 13.6 Å². The lowest BCUT2D eigenvalue weighted by Crippen LogP contribution is -2.40. The second-order valence-corrected chi connectivity index (χ2v) is 23.9. The fraction of sp³-hybridized carbons (Fsp3) is 0.966. The van der Waals surface area contributed by atoms with Crippen molar-refractivity contribution >= 4 is 22.4 Å². The van der Waals surface area contributed by atoms with Gasteiger partial charge >= 0.3 is 0 Å². The van der Waals surface area contributed by atoms with Crippen LogP contribution in [0.25, 0.3) is 0 Å². The van der Waals surface area contributed by atoms with Crippen LogP contribution in [0.5, 0.6) is 0 Å². The Balaban J connectivity index is 2.07. The van der Waals surface area contributed by atoms with Gasteiger partial charge in [0.25, 0.3) is 0 Å². The lowest BCUT2D eigenvalue weighted by Gasteiger charge is -2.43. The largest absolute Gasteiger partial charge is 0.413 e. The molecule has 0 N–H and O–H groups in total. The Bertz CT molecular complexity index is 640. The van der Waals surface area contributed by atoms with E-state index in [0.717, 1.165) is 32.1 Å². The van der Waals surface area contributed by atoms with E-state index in [1.54, 1.807) is 0 Å². The quantitative estimate of drug-likeness (QED) is 0.232. The molecule has 2 aliphatic carbocycles. The molecule has 2 aliphatic rings. The molecular formula is C29H58O3Si2. The van der Waals surface area contributed by atoms with Gasteiger partial charge in [0.15, 0.2) is 16.6 Å². The smallest absolute Gasteiger partial charge is 0.184 e. The molecular weight excluding hydrogens is 452 g/mol. The van der Waals surface area contributed by atoms with Gasteiger partial charge in [-0.05, 0) is 123 Å². The van der Waals surface area contributed by atoms with Crippen LogP contribution < -0.4 is 0 Å². The van der Waals surface area contributed by atoms with Crippen molar-refractivity contribution in [2.24, 2.45) is 23.2 Å². The van der Waals surface area contributed by atoms with Crippen molar-refractivity contribution in [2.45, 2.75) is 156 Å². The van der Waals surface area contributed by atoms with Gasteiger partial charge in [-0.3, -0.25) is 4.79 Å². The molecule has 2 saturated carbocycles. The molecule has 34 heavy (non-hydrogen) atoms. The maximum absolute atomic E-state index is 12.8. The number of hydrogen-bond acceptors (Lipinski definition) is 3. The number of ketones is 1. The van der Waals surface area contributed by atoms with Crippen LogP contribution >= 0.6 is 0 Å². The molecule has 200 valence electrons. The van der Waals surface area contributed by atoms with Crippen LogP contribution in [0.15, 0.2) is 0 Å². The molecule has 0 saturated heterocycles. The second kappa shape index (κ2) is 11.2. The maximum Gasteiger partial charge on any atom is 0.184 e. The topological polar surface area (TPSA) is 35.5 Å². The first-order valence-electron chi connectivity index (χ1n) is 14.3. The van der Waals surface area contributed by atoms with Gasteiger partial charge in [0.1, 0.15) is 5.78 Å². The molecule has 3 atom stereocenters. The summed E-state index contributed by atoms with van der Waals surface area (Å²) in [6.07, 6.45) is 12.8. The molecule has 0 heterocycles.